The Balaban J connectivity index is 1.68. The van der Waals surface area contributed by atoms with Crippen molar-refractivity contribution in [1.29, 1.82) is 0 Å². The molecule has 0 aliphatic rings. The lowest BCUT2D eigenvalue weighted by Gasteiger charge is -1.99. The molecule has 6 heteroatoms. The lowest BCUT2D eigenvalue weighted by Crippen LogP contribution is -1.86. The Morgan fingerprint density at radius 3 is 1.43 bits per heavy atom. The van der Waals surface area contributed by atoms with Gasteiger partial charge >= 0.3 is 0 Å². The van der Waals surface area contributed by atoms with Gasteiger partial charge in [0.1, 0.15) is 0 Å². The third-order valence-corrected chi connectivity index (χ3v) is 10.6. The van der Waals surface area contributed by atoms with Crippen LogP contribution >= 0.6 is 45.3 Å². The molecule has 0 aliphatic carbocycles. The lowest BCUT2D eigenvalue weighted by molar-refractivity contribution is 1.02. The average molecular weight is 437 g/mol. The van der Waals surface area contributed by atoms with Gasteiger partial charge in [-0.2, -0.15) is 0 Å². The van der Waals surface area contributed by atoms with Gasteiger partial charge < -0.3 is 9.13 Å². The molecule has 28 heavy (non-hydrogen) atoms. The van der Waals surface area contributed by atoms with Gasteiger partial charge in [0.05, 0.1) is 40.9 Å². The SMILES string of the molecule is Cc1cc2c(s1)c1sc3cc4c(cc3c1n2C)sc1c2sc(C)cc2n(C)c41. The molecule has 7 rings (SSSR count). The monoisotopic (exact) mass is 436 g/mol. The van der Waals surface area contributed by atoms with E-state index in [1.165, 1.54) is 70.8 Å². The van der Waals surface area contributed by atoms with Crippen LogP contribution in [-0.4, -0.2) is 9.13 Å². The zero-order chi connectivity index (χ0) is 18.9. The molecule has 0 saturated heterocycles. The van der Waals surface area contributed by atoms with Gasteiger partial charge in [0.25, 0.3) is 0 Å². The van der Waals surface area contributed by atoms with E-state index in [4.69, 9.17) is 0 Å². The number of aryl methyl sites for hydroxylation is 4. The highest BCUT2D eigenvalue weighted by atomic mass is 32.1. The third-order valence-electron chi connectivity index (χ3n) is 5.92. The minimum absolute atomic E-state index is 1.37. The van der Waals surface area contributed by atoms with Gasteiger partial charge in [0.2, 0.25) is 0 Å². The van der Waals surface area contributed by atoms with E-state index in [2.05, 4.69) is 61.3 Å². The predicted molar refractivity (Wildman–Crippen MR) is 130 cm³/mol. The first-order chi connectivity index (χ1) is 13.5. The molecule has 1 aromatic carbocycles. The highest BCUT2D eigenvalue weighted by Gasteiger charge is 2.20. The van der Waals surface area contributed by atoms with Crippen LogP contribution in [0.2, 0.25) is 0 Å². The van der Waals surface area contributed by atoms with Gasteiger partial charge in [-0.15, -0.1) is 45.3 Å². The van der Waals surface area contributed by atoms with Crippen molar-refractivity contribution >= 4 is 106 Å². The Morgan fingerprint density at radius 2 is 1.00 bits per heavy atom. The number of fused-ring (bicyclic) bond motifs is 10. The summed E-state index contributed by atoms with van der Waals surface area (Å²) in [6.07, 6.45) is 0. The van der Waals surface area contributed by atoms with Gasteiger partial charge in [-0.3, -0.25) is 0 Å². The van der Waals surface area contributed by atoms with Gasteiger partial charge in [-0.1, -0.05) is 0 Å². The summed E-state index contributed by atoms with van der Waals surface area (Å²) >= 11 is 7.76. The summed E-state index contributed by atoms with van der Waals surface area (Å²) in [7, 11) is 4.44. The first kappa shape index (κ1) is 16.0. The number of hydrogen-bond donors (Lipinski definition) is 0. The molecule has 0 spiro atoms. The second kappa shape index (κ2) is 5.00. The minimum Gasteiger partial charge on any atom is -0.342 e. The molecule has 6 heterocycles. The summed E-state index contributed by atoms with van der Waals surface area (Å²) in [5.41, 5.74) is 5.55. The van der Waals surface area contributed by atoms with Crippen LogP contribution in [0.25, 0.3) is 61.0 Å². The first-order valence-corrected chi connectivity index (χ1v) is 12.5. The van der Waals surface area contributed by atoms with Gasteiger partial charge in [0.15, 0.2) is 0 Å². The van der Waals surface area contributed by atoms with Crippen LogP contribution in [0.15, 0.2) is 24.3 Å². The molecule has 2 nitrogen and oxygen atoms in total. The summed E-state index contributed by atoms with van der Waals surface area (Å²) < 4.78 is 13.4. The number of thiophene rings is 4. The van der Waals surface area contributed by atoms with Crippen LogP contribution in [0.5, 0.6) is 0 Å². The van der Waals surface area contributed by atoms with E-state index < -0.39 is 0 Å². The molecule has 6 aromatic heterocycles. The Kier molecular flexibility index (Phi) is 2.85. The molecular weight excluding hydrogens is 421 g/mol. The quantitative estimate of drug-likeness (QED) is 0.227. The van der Waals surface area contributed by atoms with E-state index in [1.807, 2.05) is 45.3 Å². The Bertz CT molecular complexity index is 1620. The number of nitrogens with zero attached hydrogens (tertiary/aromatic N) is 2. The van der Waals surface area contributed by atoms with Crippen LogP contribution in [0.1, 0.15) is 9.75 Å². The number of hydrogen-bond acceptors (Lipinski definition) is 4. The smallest absolute Gasteiger partial charge is 0.0713 e. The van der Waals surface area contributed by atoms with Crippen molar-refractivity contribution in [3.05, 3.63) is 34.0 Å². The maximum absolute atomic E-state index is 2.44. The van der Waals surface area contributed by atoms with E-state index >= 15 is 0 Å². The van der Waals surface area contributed by atoms with Crippen LogP contribution in [-0.2, 0) is 14.1 Å². The summed E-state index contributed by atoms with van der Waals surface area (Å²) in [5, 5.41) is 2.81. The van der Waals surface area contributed by atoms with E-state index in [-0.39, 0.29) is 0 Å². The fourth-order valence-electron chi connectivity index (χ4n) is 4.70. The van der Waals surface area contributed by atoms with E-state index in [0.29, 0.717) is 0 Å². The normalized spacial score (nSPS) is 13.0. The average Bonchev–Trinajstić information content (AvgIpc) is 3.43. The highest BCUT2D eigenvalue weighted by molar-refractivity contribution is 7.32. The molecule has 0 atom stereocenters. The van der Waals surface area contributed by atoms with Gasteiger partial charge in [-0.05, 0) is 38.1 Å². The zero-order valence-corrected chi connectivity index (χ0v) is 19.1. The molecule has 7 aromatic rings. The maximum Gasteiger partial charge on any atom is 0.0713 e. The Labute approximate surface area is 176 Å². The molecule has 0 saturated carbocycles. The molecule has 0 radical (unpaired) electrons. The zero-order valence-electron chi connectivity index (χ0n) is 15.8. The Morgan fingerprint density at radius 1 is 0.571 bits per heavy atom. The standard InChI is InChI=1S/C22H16N2S4/c1-9-5-13-19(25-9)21-17(23(13)3)11-7-16-12(8-15(11)27-21)18-22(28-16)20-14(24(18)4)6-10(2)26-20/h5-8H,1-4H3. The van der Waals surface area contributed by atoms with Crippen molar-refractivity contribution in [3.63, 3.8) is 0 Å². The fraction of sp³-hybridized carbons (Fsp3) is 0.182. The van der Waals surface area contributed by atoms with Crippen molar-refractivity contribution < 1.29 is 0 Å². The van der Waals surface area contributed by atoms with Crippen LogP contribution in [0.4, 0.5) is 0 Å². The largest absolute Gasteiger partial charge is 0.342 e. The fourth-order valence-corrected chi connectivity index (χ4v) is 9.57. The molecule has 0 fully saturated rings. The molecule has 0 amide bonds. The number of rotatable bonds is 0. The van der Waals surface area contributed by atoms with E-state index in [1.54, 1.807) is 0 Å². The van der Waals surface area contributed by atoms with Crippen LogP contribution in [0, 0.1) is 13.8 Å². The van der Waals surface area contributed by atoms with Crippen LogP contribution in [0.3, 0.4) is 0 Å². The number of benzene rings is 1. The first-order valence-electron chi connectivity index (χ1n) is 9.23. The van der Waals surface area contributed by atoms with E-state index in [0.717, 1.165) is 0 Å². The van der Waals surface area contributed by atoms with Crippen LogP contribution < -0.4 is 0 Å². The topological polar surface area (TPSA) is 9.86 Å². The van der Waals surface area contributed by atoms with Gasteiger partial charge in [-0.25, -0.2) is 0 Å². The maximum atomic E-state index is 2.44. The lowest BCUT2D eigenvalue weighted by atomic mass is 10.2. The van der Waals surface area contributed by atoms with Gasteiger partial charge in [0, 0.05) is 44.0 Å². The molecule has 0 bridgehead atoms. The second-order valence-electron chi connectivity index (χ2n) is 7.66. The van der Waals surface area contributed by atoms with Crippen molar-refractivity contribution in [2.75, 3.05) is 0 Å². The second-order valence-corrected chi connectivity index (χ2v) is 12.3. The van der Waals surface area contributed by atoms with Crippen molar-refractivity contribution in [1.82, 2.24) is 9.13 Å². The van der Waals surface area contributed by atoms with Crippen molar-refractivity contribution in [2.45, 2.75) is 13.8 Å². The Hall–Kier alpha value is -1.86. The van der Waals surface area contributed by atoms with Crippen molar-refractivity contribution in [2.24, 2.45) is 14.1 Å². The number of aromatic nitrogens is 2. The minimum atomic E-state index is 1.37. The summed E-state index contributed by atoms with van der Waals surface area (Å²) in [6, 6.07) is 9.53. The molecule has 0 unspecified atom stereocenters. The van der Waals surface area contributed by atoms with E-state index in [9.17, 15) is 0 Å². The summed E-state index contributed by atoms with van der Waals surface area (Å²) in [6.45, 7) is 4.42. The highest BCUT2D eigenvalue weighted by Crippen LogP contribution is 2.48. The predicted octanol–water partition coefficient (Wildman–Crippen LogP) is 8.15. The molecule has 0 aliphatic heterocycles. The summed E-state index contributed by atoms with van der Waals surface area (Å²) in [4.78, 5) is 2.78. The van der Waals surface area contributed by atoms with Crippen molar-refractivity contribution in [3.8, 4) is 0 Å². The molecule has 0 N–H and O–H groups in total. The summed E-state index contributed by atoms with van der Waals surface area (Å²) in [5.74, 6) is 0. The molecule has 138 valence electrons. The molecular formula is C22H16N2S4. The third kappa shape index (κ3) is 1.74.